The summed E-state index contributed by atoms with van der Waals surface area (Å²) in [6.07, 6.45) is 0. The normalized spacial score (nSPS) is 12.1. The molecular weight excluding hydrogens is 330 g/mol. The minimum atomic E-state index is 0.0345. The number of nitrogens with one attached hydrogen (secondary N) is 1. The Labute approximate surface area is 157 Å². The predicted octanol–water partition coefficient (Wildman–Crippen LogP) is 6.43. The lowest BCUT2D eigenvalue weighted by Crippen LogP contribution is -2.19. The number of para-hydroxylation sites is 1. The highest BCUT2D eigenvalue weighted by Crippen LogP contribution is 2.35. The summed E-state index contributed by atoms with van der Waals surface area (Å²) in [5, 5.41) is 4.05. The molecule has 0 amide bonds. The molecule has 2 nitrogen and oxygen atoms in total. The van der Waals surface area contributed by atoms with E-state index in [0.717, 1.165) is 16.5 Å². The van der Waals surface area contributed by atoms with E-state index in [4.69, 9.17) is 16.3 Å². The van der Waals surface area contributed by atoms with Gasteiger partial charge in [-0.15, -0.1) is 0 Å². The number of ether oxygens (including phenoxy) is 1. The van der Waals surface area contributed by atoms with Crippen molar-refractivity contribution in [3.63, 3.8) is 0 Å². The van der Waals surface area contributed by atoms with Gasteiger partial charge in [-0.3, -0.25) is 0 Å². The summed E-state index contributed by atoms with van der Waals surface area (Å²) in [5.41, 5.74) is 3.68. The van der Waals surface area contributed by atoms with Crippen LogP contribution in [0, 0.1) is 0 Å². The highest BCUT2D eigenvalue weighted by molar-refractivity contribution is 6.33. The van der Waals surface area contributed by atoms with Gasteiger partial charge in [0, 0.05) is 6.54 Å². The van der Waals surface area contributed by atoms with Crippen molar-refractivity contribution >= 4 is 17.3 Å². The van der Waals surface area contributed by atoms with Gasteiger partial charge in [0.2, 0.25) is 0 Å². The van der Waals surface area contributed by atoms with Gasteiger partial charge in [-0.1, -0.05) is 77.4 Å². The molecule has 25 heavy (non-hydrogen) atoms. The van der Waals surface area contributed by atoms with Crippen molar-refractivity contribution in [2.75, 3.05) is 18.5 Å². The average Bonchev–Trinajstić information content (AvgIpc) is 2.51. The van der Waals surface area contributed by atoms with Crippen molar-refractivity contribution < 1.29 is 4.74 Å². The molecule has 2 aromatic rings. The zero-order valence-corrected chi connectivity index (χ0v) is 17.0. The van der Waals surface area contributed by atoms with E-state index in [1.165, 1.54) is 11.1 Å². The van der Waals surface area contributed by atoms with Gasteiger partial charge in [0.25, 0.3) is 0 Å². The van der Waals surface area contributed by atoms with Gasteiger partial charge in [0.1, 0.15) is 12.4 Å². The second-order valence-corrected chi connectivity index (χ2v) is 8.87. The van der Waals surface area contributed by atoms with Gasteiger partial charge in [0.05, 0.1) is 10.7 Å². The van der Waals surface area contributed by atoms with Crippen LogP contribution in [0.25, 0.3) is 0 Å². The minimum absolute atomic E-state index is 0.0345. The third kappa shape index (κ3) is 5.40. The van der Waals surface area contributed by atoms with Crippen LogP contribution in [-0.4, -0.2) is 13.2 Å². The van der Waals surface area contributed by atoms with Crippen molar-refractivity contribution in [2.45, 2.75) is 52.4 Å². The maximum atomic E-state index is 6.16. The van der Waals surface area contributed by atoms with Gasteiger partial charge in [-0.05, 0) is 40.2 Å². The van der Waals surface area contributed by atoms with Crippen LogP contribution < -0.4 is 10.1 Å². The number of hydrogen-bond donors (Lipinski definition) is 1. The largest absolute Gasteiger partial charge is 0.491 e. The van der Waals surface area contributed by atoms with Crippen LogP contribution in [-0.2, 0) is 10.8 Å². The molecule has 0 aliphatic rings. The third-order valence-corrected chi connectivity index (χ3v) is 4.53. The lowest BCUT2D eigenvalue weighted by molar-refractivity contribution is 0.322. The standard InChI is InChI=1S/C22H30ClNO/c1-21(2,3)16-11-12-20(17(15-16)22(4,5)6)25-14-13-24-19-10-8-7-9-18(19)23/h7-12,15,24H,13-14H2,1-6H3. The predicted molar refractivity (Wildman–Crippen MR) is 109 cm³/mol. The number of halogens is 1. The summed E-state index contributed by atoms with van der Waals surface area (Å²) in [6.45, 7) is 14.7. The van der Waals surface area contributed by atoms with Crippen molar-refractivity contribution in [1.82, 2.24) is 0 Å². The second-order valence-electron chi connectivity index (χ2n) is 8.47. The maximum Gasteiger partial charge on any atom is 0.123 e. The quantitative estimate of drug-likeness (QED) is 0.621. The Hall–Kier alpha value is -1.67. The molecule has 0 unspecified atom stereocenters. The molecule has 136 valence electrons. The van der Waals surface area contributed by atoms with Crippen LogP contribution in [0.2, 0.25) is 5.02 Å². The smallest absolute Gasteiger partial charge is 0.123 e. The summed E-state index contributed by atoms with van der Waals surface area (Å²) in [4.78, 5) is 0. The fourth-order valence-corrected chi connectivity index (χ4v) is 2.86. The van der Waals surface area contributed by atoms with Gasteiger partial charge >= 0.3 is 0 Å². The first-order valence-corrected chi connectivity index (χ1v) is 9.23. The molecule has 0 heterocycles. The lowest BCUT2D eigenvalue weighted by atomic mass is 9.80. The number of anilines is 1. The van der Waals surface area contributed by atoms with Crippen LogP contribution in [0.5, 0.6) is 5.75 Å². The van der Waals surface area contributed by atoms with Crippen LogP contribution in [0.4, 0.5) is 5.69 Å². The summed E-state index contributed by atoms with van der Waals surface area (Å²) in [7, 11) is 0. The van der Waals surface area contributed by atoms with E-state index in [1.807, 2.05) is 24.3 Å². The van der Waals surface area contributed by atoms with E-state index in [2.05, 4.69) is 65.1 Å². The molecule has 0 saturated heterocycles. The second kappa shape index (κ2) is 7.70. The van der Waals surface area contributed by atoms with Crippen molar-refractivity contribution in [2.24, 2.45) is 0 Å². The summed E-state index contributed by atoms with van der Waals surface area (Å²) < 4.78 is 6.09. The monoisotopic (exact) mass is 359 g/mol. The maximum absolute atomic E-state index is 6.16. The van der Waals surface area contributed by atoms with E-state index >= 15 is 0 Å². The molecule has 0 fully saturated rings. The molecule has 0 aliphatic carbocycles. The number of benzene rings is 2. The molecule has 0 radical (unpaired) electrons. The molecule has 3 heteroatoms. The molecule has 0 saturated carbocycles. The molecule has 2 aromatic carbocycles. The van der Waals surface area contributed by atoms with E-state index in [-0.39, 0.29) is 10.8 Å². The topological polar surface area (TPSA) is 21.3 Å². The molecular formula is C22H30ClNO. The first kappa shape index (κ1) is 19.7. The van der Waals surface area contributed by atoms with Gasteiger partial charge in [-0.2, -0.15) is 0 Å². The Morgan fingerprint density at radius 2 is 1.60 bits per heavy atom. The highest BCUT2D eigenvalue weighted by Gasteiger charge is 2.23. The van der Waals surface area contributed by atoms with Crippen LogP contribution in [0.3, 0.4) is 0 Å². The number of hydrogen-bond acceptors (Lipinski definition) is 2. The molecule has 0 atom stereocenters. The van der Waals surface area contributed by atoms with E-state index in [1.54, 1.807) is 0 Å². The summed E-state index contributed by atoms with van der Waals surface area (Å²) in [5.74, 6) is 0.960. The first-order chi connectivity index (χ1) is 11.6. The summed E-state index contributed by atoms with van der Waals surface area (Å²) in [6, 6.07) is 14.3. The van der Waals surface area contributed by atoms with E-state index < -0.39 is 0 Å². The Bertz CT molecular complexity index is 711. The lowest BCUT2D eigenvalue weighted by Gasteiger charge is -2.27. The van der Waals surface area contributed by atoms with Crippen molar-refractivity contribution in [3.05, 3.63) is 58.6 Å². The third-order valence-electron chi connectivity index (χ3n) is 4.20. The molecule has 1 N–H and O–H groups in total. The van der Waals surface area contributed by atoms with Gasteiger partial charge in [0.15, 0.2) is 0 Å². The van der Waals surface area contributed by atoms with Crippen LogP contribution in [0.15, 0.2) is 42.5 Å². The zero-order valence-electron chi connectivity index (χ0n) is 16.2. The Morgan fingerprint density at radius 1 is 0.920 bits per heavy atom. The molecule has 2 rings (SSSR count). The highest BCUT2D eigenvalue weighted by atomic mass is 35.5. The zero-order chi connectivity index (χ0) is 18.7. The molecule has 0 spiro atoms. The van der Waals surface area contributed by atoms with Crippen LogP contribution >= 0.6 is 11.6 Å². The van der Waals surface area contributed by atoms with Gasteiger partial charge < -0.3 is 10.1 Å². The minimum Gasteiger partial charge on any atom is -0.491 e. The summed E-state index contributed by atoms with van der Waals surface area (Å²) >= 11 is 6.16. The van der Waals surface area contributed by atoms with Gasteiger partial charge in [-0.25, -0.2) is 0 Å². The van der Waals surface area contributed by atoms with E-state index in [9.17, 15) is 0 Å². The fraction of sp³-hybridized carbons (Fsp3) is 0.455. The Balaban J connectivity index is 2.07. The first-order valence-electron chi connectivity index (χ1n) is 8.85. The SMILES string of the molecule is CC(C)(C)c1ccc(OCCNc2ccccc2Cl)c(C(C)(C)C)c1. The Morgan fingerprint density at radius 3 is 2.20 bits per heavy atom. The van der Waals surface area contributed by atoms with E-state index in [0.29, 0.717) is 13.2 Å². The Kier molecular flexibility index (Phi) is 6.05. The molecule has 0 bridgehead atoms. The number of rotatable bonds is 5. The average molecular weight is 360 g/mol. The van der Waals surface area contributed by atoms with Crippen molar-refractivity contribution in [3.8, 4) is 5.75 Å². The molecule has 0 aliphatic heterocycles. The van der Waals surface area contributed by atoms with Crippen LogP contribution in [0.1, 0.15) is 52.7 Å². The molecule has 0 aromatic heterocycles. The fourth-order valence-electron chi connectivity index (χ4n) is 2.66. The van der Waals surface area contributed by atoms with Crippen molar-refractivity contribution in [1.29, 1.82) is 0 Å².